The van der Waals surface area contributed by atoms with Gasteiger partial charge in [-0.1, -0.05) is 24.3 Å². The van der Waals surface area contributed by atoms with Crippen LogP contribution in [0.5, 0.6) is 5.75 Å². The molecule has 3 amide bonds. The Morgan fingerprint density at radius 1 is 1.07 bits per heavy atom. The summed E-state index contributed by atoms with van der Waals surface area (Å²) in [7, 11) is 0. The predicted octanol–water partition coefficient (Wildman–Crippen LogP) is 2.26. The third-order valence-corrected chi connectivity index (χ3v) is 4.65. The minimum absolute atomic E-state index is 0.125. The number of amides is 3. The Balaban J connectivity index is 1.46. The number of anilines is 1. The normalized spacial score (nSPS) is 13.3. The van der Waals surface area contributed by atoms with Crippen molar-refractivity contribution in [1.29, 1.82) is 0 Å². The van der Waals surface area contributed by atoms with E-state index in [4.69, 9.17) is 4.74 Å². The van der Waals surface area contributed by atoms with Crippen LogP contribution in [0.15, 0.2) is 48.5 Å². The molecule has 0 bridgehead atoms. The maximum atomic E-state index is 12.3. The molecule has 2 aromatic rings. The smallest absolute Gasteiger partial charge is 0.255 e. The second kappa shape index (κ2) is 9.73. The molecule has 7 nitrogen and oxygen atoms in total. The summed E-state index contributed by atoms with van der Waals surface area (Å²) in [5, 5.41) is 5.39. The number of para-hydroxylation sites is 1. The van der Waals surface area contributed by atoms with Gasteiger partial charge < -0.3 is 20.3 Å². The molecule has 1 fully saturated rings. The summed E-state index contributed by atoms with van der Waals surface area (Å²) in [6.07, 6.45) is 1.48. The highest BCUT2D eigenvalue weighted by molar-refractivity contribution is 5.98. The van der Waals surface area contributed by atoms with Crippen molar-refractivity contribution in [2.45, 2.75) is 26.3 Å². The monoisotopic (exact) mass is 395 g/mol. The molecule has 2 aromatic carbocycles. The molecule has 1 heterocycles. The van der Waals surface area contributed by atoms with Gasteiger partial charge in [-0.2, -0.15) is 0 Å². The van der Waals surface area contributed by atoms with Gasteiger partial charge in [0.2, 0.25) is 11.8 Å². The maximum Gasteiger partial charge on any atom is 0.255 e. The van der Waals surface area contributed by atoms with E-state index in [0.29, 0.717) is 30.9 Å². The minimum atomic E-state index is -0.358. The zero-order chi connectivity index (χ0) is 20.6. The topological polar surface area (TPSA) is 87.7 Å². The zero-order valence-electron chi connectivity index (χ0n) is 16.4. The molecule has 0 aliphatic carbocycles. The lowest BCUT2D eigenvalue weighted by atomic mass is 10.2. The second-order valence-electron chi connectivity index (χ2n) is 6.70. The van der Waals surface area contributed by atoms with Crippen molar-refractivity contribution in [3.63, 3.8) is 0 Å². The molecule has 2 N–H and O–H groups in total. The van der Waals surface area contributed by atoms with Gasteiger partial charge in [0.15, 0.2) is 0 Å². The number of rotatable bonds is 8. The summed E-state index contributed by atoms with van der Waals surface area (Å²) in [6.45, 7) is 3.27. The summed E-state index contributed by atoms with van der Waals surface area (Å²) in [5.41, 5.74) is 2.19. The van der Waals surface area contributed by atoms with E-state index in [1.807, 2.05) is 31.2 Å². The minimum Gasteiger partial charge on any atom is -0.493 e. The maximum absolute atomic E-state index is 12.3. The van der Waals surface area contributed by atoms with Crippen molar-refractivity contribution in [1.82, 2.24) is 10.6 Å². The van der Waals surface area contributed by atoms with Crippen LogP contribution < -0.4 is 20.3 Å². The van der Waals surface area contributed by atoms with Gasteiger partial charge in [-0.05, 0) is 43.2 Å². The van der Waals surface area contributed by atoms with Crippen LogP contribution in [0.3, 0.4) is 0 Å². The highest BCUT2D eigenvalue weighted by atomic mass is 16.5. The zero-order valence-corrected chi connectivity index (χ0v) is 16.4. The van der Waals surface area contributed by atoms with E-state index in [-0.39, 0.29) is 24.3 Å². The van der Waals surface area contributed by atoms with E-state index in [1.165, 1.54) is 0 Å². The number of carbonyl (C=O) groups is 3. The molecular formula is C22H25N3O4. The number of ether oxygens (including phenoxy) is 1. The fraction of sp³-hybridized carbons (Fsp3) is 0.318. The summed E-state index contributed by atoms with van der Waals surface area (Å²) < 4.78 is 5.44. The molecule has 1 aliphatic heterocycles. The van der Waals surface area contributed by atoms with Crippen molar-refractivity contribution in [3.05, 3.63) is 59.7 Å². The molecule has 1 aliphatic rings. The number of nitrogens with one attached hydrogen (secondary N) is 2. The number of hydrogen-bond acceptors (Lipinski definition) is 4. The summed E-state index contributed by atoms with van der Waals surface area (Å²) in [5.74, 6) is -0.00735. The molecule has 0 unspecified atom stereocenters. The van der Waals surface area contributed by atoms with Crippen LogP contribution >= 0.6 is 0 Å². The van der Waals surface area contributed by atoms with Crippen molar-refractivity contribution < 1.29 is 19.1 Å². The van der Waals surface area contributed by atoms with Crippen LogP contribution in [0.4, 0.5) is 5.69 Å². The summed E-state index contributed by atoms with van der Waals surface area (Å²) in [6, 6.07) is 14.5. The van der Waals surface area contributed by atoms with Crippen LogP contribution in [0.1, 0.15) is 35.7 Å². The third-order valence-electron chi connectivity index (χ3n) is 4.65. The van der Waals surface area contributed by atoms with Gasteiger partial charge in [-0.15, -0.1) is 0 Å². The van der Waals surface area contributed by atoms with E-state index < -0.39 is 0 Å². The first kappa shape index (κ1) is 20.4. The molecule has 0 radical (unpaired) electrons. The van der Waals surface area contributed by atoms with Gasteiger partial charge in [-0.25, -0.2) is 0 Å². The standard InChI is InChI=1S/C22H25N3O4/c1-2-29-19-7-4-3-6-18(19)22(28)24-15-20(26)23-14-16-9-11-17(12-10-16)25-13-5-8-21(25)27/h3-4,6-7,9-12H,2,5,8,13-15H2,1H3,(H,23,26)(H,24,28). The van der Waals surface area contributed by atoms with Gasteiger partial charge >= 0.3 is 0 Å². The van der Waals surface area contributed by atoms with Crippen molar-refractivity contribution in [2.75, 3.05) is 24.6 Å². The van der Waals surface area contributed by atoms with Gasteiger partial charge in [0.1, 0.15) is 5.75 Å². The first-order valence-electron chi connectivity index (χ1n) is 9.74. The Morgan fingerprint density at radius 3 is 2.52 bits per heavy atom. The van der Waals surface area contributed by atoms with Crippen LogP contribution in [0, 0.1) is 0 Å². The van der Waals surface area contributed by atoms with Gasteiger partial charge in [0, 0.05) is 25.2 Å². The van der Waals surface area contributed by atoms with Gasteiger partial charge in [-0.3, -0.25) is 14.4 Å². The Morgan fingerprint density at radius 2 is 1.83 bits per heavy atom. The number of carbonyl (C=O) groups excluding carboxylic acids is 3. The largest absolute Gasteiger partial charge is 0.493 e. The molecule has 29 heavy (non-hydrogen) atoms. The fourth-order valence-corrected chi connectivity index (χ4v) is 3.17. The lowest BCUT2D eigenvalue weighted by Gasteiger charge is -2.16. The summed E-state index contributed by atoms with van der Waals surface area (Å²) >= 11 is 0. The Bertz CT molecular complexity index is 880. The van der Waals surface area contributed by atoms with Crippen molar-refractivity contribution in [2.24, 2.45) is 0 Å². The predicted molar refractivity (Wildman–Crippen MR) is 110 cm³/mol. The molecule has 152 valence electrons. The lowest BCUT2D eigenvalue weighted by Crippen LogP contribution is -2.36. The van der Waals surface area contributed by atoms with Crippen molar-refractivity contribution >= 4 is 23.4 Å². The molecule has 1 saturated heterocycles. The van der Waals surface area contributed by atoms with Crippen LogP contribution in [0.25, 0.3) is 0 Å². The van der Waals surface area contributed by atoms with Crippen molar-refractivity contribution in [3.8, 4) is 5.75 Å². The highest BCUT2D eigenvalue weighted by Crippen LogP contribution is 2.21. The van der Waals surface area contributed by atoms with Crippen LogP contribution in [0.2, 0.25) is 0 Å². The molecule has 3 rings (SSSR count). The molecule has 0 atom stereocenters. The Hall–Kier alpha value is -3.35. The fourth-order valence-electron chi connectivity index (χ4n) is 3.17. The van der Waals surface area contributed by atoms with E-state index in [1.54, 1.807) is 29.2 Å². The highest BCUT2D eigenvalue weighted by Gasteiger charge is 2.21. The molecule has 0 aromatic heterocycles. The van der Waals surface area contributed by atoms with E-state index in [2.05, 4.69) is 10.6 Å². The first-order valence-corrected chi connectivity index (χ1v) is 9.74. The molecule has 0 saturated carbocycles. The lowest BCUT2D eigenvalue weighted by molar-refractivity contribution is -0.120. The van der Waals surface area contributed by atoms with Crippen LogP contribution in [-0.4, -0.2) is 37.4 Å². The molecular weight excluding hydrogens is 370 g/mol. The number of nitrogens with zero attached hydrogens (tertiary/aromatic N) is 1. The molecule has 0 spiro atoms. The van der Waals surface area contributed by atoms with Gasteiger partial charge in [0.25, 0.3) is 5.91 Å². The number of benzene rings is 2. The SMILES string of the molecule is CCOc1ccccc1C(=O)NCC(=O)NCc1ccc(N2CCCC2=O)cc1. The average Bonchev–Trinajstić information content (AvgIpc) is 3.17. The van der Waals surface area contributed by atoms with Gasteiger partial charge in [0.05, 0.1) is 18.7 Å². The van der Waals surface area contributed by atoms with E-state index in [9.17, 15) is 14.4 Å². The Labute approximate surface area is 170 Å². The van der Waals surface area contributed by atoms with E-state index >= 15 is 0 Å². The number of hydrogen-bond donors (Lipinski definition) is 2. The third kappa shape index (κ3) is 5.34. The van der Waals surface area contributed by atoms with Crippen LogP contribution in [-0.2, 0) is 16.1 Å². The quantitative estimate of drug-likeness (QED) is 0.718. The first-order chi connectivity index (χ1) is 14.1. The molecule has 7 heteroatoms. The Kier molecular flexibility index (Phi) is 6.84. The average molecular weight is 395 g/mol. The second-order valence-corrected chi connectivity index (χ2v) is 6.70. The summed E-state index contributed by atoms with van der Waals surface area (Å²) in [4.78, 5) is 37.9. The van der Waals surface area contributed by atoms with E-state index in [0.717, 1.165) is 24.2 Å².